The highest BCUT2D eigenvalue weighted by molar-refractivity contribution is 5.80. The third-order valence-electron chi connectivity index (χ3n) is 9.02. The van der Waals surface area contributed by atoms with Crippen molar-refractivity contribution in [2.24, 2.45) is 16.7 Å². The molecule has 2 atom stereocenters. The van der Waals surface area contributed by atoms with Crippen molar-refractivity contribution >= 4 is 0 Å². The van der Waals surface area contributed by atoms with Crippen molar-refractivity contribution in [3.8, 4) is 11.1 Å². The van der Waals surface area contributed by atoms with Gasteiger partial charge < -0.3 is 0 Å². The lowest BCUT2D eigenvalue weighted by Gasteiger charge is -2.38. The van der Waals surface area contributed by atoms with Crippen molar-refractivity contribution < 1.29 is 0 Å². The minimum absolute atomic E-state index is 0.152. The van der Waals surface area contributed by atoms with E-state index in [2.05, 4.69) is 118 Å². The molecule has 0 bridgehead atoms. The molecule has 0 aliphatic heterocycles. The predicted molar refractivity (Wildman–Crippen MR) is 148 cm³/mol. The molecule has 2 aromatic rings. The van der Waals surface area contributed by atoms with Gasteiger partial charge in [-0.05, 0) is 73.5 Å². The van der Waals surface area contributed by atoms with Crippen LogP contribution < -0.4 is 0 Å². The lowest BCUT2D eigenvalue weighted by atomic mass is 9.65. The van der Waals surface area contributed by atoms with Crippen molar-refractivity contribution in [1.82, 2.24) is 0 Å². The topological polar surface area (TPSA) is 0 Å². The fraction of sp³-hybridized carbons (Fsp3) is 0.529. The van der Waals surface area contributed by atoms with Crippen LogP contribution in [0.1, 0.15) is 110 Å². The van der Waals surface area contributed by atoms with Crippen LogP contribution in [-0.4, -0.2) is 0 Å². The van der Waals surface area contributed by atoms with E-state index >= 15 is 0 Å². The number of hydrogen-bond acceptors (Lipinski definition) is 0. The van der Waals surface area contributed by atoms with E-state index in [0.717, 1.165) is 0 Å². The van der Waals surface area contributed by atoms with E-state index in [1.54, 1.807) is 16.7 Å². The molecule has 2 aromatic carbocycles. The van der Waals surface area contributed by atoms with Crippen molar-refractivity contribution in [2.45, 2.75) is 98.8 Å². The highest BCUT2D eigenvalue weighted by Gasteiger charge is 2.52. The second-order valence-corrected chi connectivity index (χ2v) is 14.6. The smallest absolute Gasteiger partial charge is 0.0164 e. The largest absolute Gasteiger partial charge is 0.0730 e. The Balaban J connectivity index is 1.72. The van der Waals surface area contributed by atoms with E-state index in [4.69, 9.17) is 0 Å². The Morgan fingerprint density at radius 3 is 1.65 bits per heavy atom. The molecule has 0 N–H and O–H groups in total. The van der Waals surface area contributed by atoms with Crippen molar-refractivity contribution in [3.05, 3.63) is 82.0 Å². The lowest BCUT2D eigenvalue weighted by Crippen LogP contribution is -2.29. The van der Waals surface area contributed by atoms with Crippen LogP contribution in [0.25, 0.3) is 11.1 Å². The molecule has 3 aliphatic carbocycles. The fourth-order valence-corrected chi connectivity index (χ4v) is 6.73. The molecular weight excluding hydrogens is 408 g/mol. The van der Waals surface area contributed by atoms with Crippen LogP contribution in [-0.2, 0) is 10.8 Å². The number of rotatable bonds is 1. The Bertz CT molecular complexity index is 1150. The SMILES string of the molecule is CC(C)(C)C1=CC2C(=C1)CCC2(C)C1c2cc(C(C)(C)C)ccc2-c2ccc(C(C)(C)C)cc21. The number of hydrogen-bond donors (Lipinski definition) is 0. The summed E-state index contributed by atoms with van der Waals surface area (Å²) in [6, 6.07) is 14.7. The zero-order valence-corrected chi connectivity index (χ0v) is 23.2. The van der Waals surface area contributed by atoms with Gasteiger partial charge in [-0.15, -0.1) is 0 Å². The fourth-order valence-electron chi connectivity index (χ4n) is 6.73. The van der Waals surface area contributed by atoms with Crippen LogP contribution in [0.15, 0.2) is 59.7 Å². The standard InChI is InChI=1S/C34H44/c1-31(2,3)22-11-13-25-26-14-12-23(32(4,5)6)19-28(26)30(27(25)18-22)34(10)16-15-21-17-24(20-29(21)34)33(7,8)9/h11-14,17-20,29-30H,15-16H2,1-10H3. The first-order valence-corrected chi connectivity index (χ1v) is 13.3. The van der Waals surface area contributed by atoms with Gasteiger partial charge in [-0.3, -0.25) is 0 Å². The van der Waals surface area contributed by atoms with Gasteiger partial charge in [-0.2, -0.15) is 0 Å². The summed E-state index contributed by atoms with van der Waals surface area (Å²) in [5.74, 6) is 0.982. The van der Waals surface area contributed by atoms with Gasteiger partial charge in [0.2, 0.25) is 0 Å². The van der Waals surface area contributed by atoms with Gasteiger partial charge in [-0.1, -0.05) is 123 Å². The third-order valence-corrected chi connectivity index (χ3v) is 9.02. The second kappa shape index (κ2) is 7.22. The number of fused-ring (bicyclic) bond motifs is 4. The van der Waals surface area contributed by atoms with Crippen molar-refractivity contribution in [3.63, 3.8) is 0 Å². The van der Waals surface area contributed by atoms with Crippen LogP contribution in [0.4, 0.5) is 0 Å². The molecule has 0 aromatic heterocycles. The third kappa shape index (κ3) is 3.55. The number of allylic oxidation sites excluding steroid dienone is 4. The van der Waals surface area contributed by atoms with Crippen LogP contribution in [0.5, 0.6) is 0 Å². The predicted octanol–water partition coefficient (Wildman–Crippen LogP) is 9.72. The van der Waals surface area contributed by atoms with Crippen LogP contribution in [0.3, 0.4) is 0 Å². The molecule has 180 valence electrons. The average molecular weight is 453 g/mol. The monoisotopic (exact) mass is 452 g/mol. The molecule has 0 amide bonds. The van der Waals surface area contributed by atoms with E-state index in [1.165, 1.54) is 40.7 Å². The maximum atomic E-state index is 2.64. The van der Waals surface area contributed by atoms with Crippen LogP contribution >= 0.6 is 0 Å². The van der Waals surface area contributed by atoms with Crippen molar-refractivity contribution in [2.75, 3.05) is 0 Å². The summed E-state index contributed by atoms with van der Waals surface area (Å²) < 4.78 is 0. The summed E-state index contributed by atoms with van der Waals surface area (Å²) in [4.78, 5) is 0. The molecule has 0 saturated heterocycles. The maximum absolute atomic E-state index is 2.64. The average Bonchev–Trinajstić information content (AvgIpc) is 3.37. The molecule has 0 heteroatoms. The van der Waals surface area contributed by atoms with Gasteiger partial charge in [0.25, 0.3) is 0 Å². The molecule has 0 nitrogen and oxygen atoms in total. The molecule has 0 radical (unpaired) electrons. The molecule has 3 aliphatic rings. The molecule has 0 spiro atoms. The summed E-state index contributed by atoms with van der Waals surface area (Å²) in [6.45, 7) is 23.7. The van der Waals surface area contributed by atoms with Crippen LogP contribution in [0.2, 0.25) is 0 Å². The summed E-state index contributed by atoms with van der Waals surface area (Å²) in [7, 11) is 0. The first kappa shape index (κ1) is 23.7. The van der Waals surface area contributed by atoms with E-state index in [1.807, 2.05) is 0 Å². The first-order chi connectivity index (χ1) is 15.6. The summed E-state index contributed by atoms with van der Waals surface area (Å²) in [6.07, 6.45) is 7.68. The zero-order chi connectivity index (χ0) is 24.8. The Morgan fingerprint density at radius 1 is 0.706 bits per heavy atom. The molecule has 2 unspecified atom stereocenters. The minimum atomic E-state index is 0.152. The Hall–Kier alpha value is -2.08. The Kier molecular flexibility index (Phi) is 5.02. The summed E-state index contributed by atoms with van der Waals surface area (Å²) in [5.41, 5.74) is 12.9. The van der Waals surface area contributed by atoms with E-state index < -0.39 is 0 Å². The molecule has 34 heavy (non-hydrogen) atoms. The second-order valence-electron chi connectivity index (χ2n) is 14.6. The Morgan fingerprint density at radius 2 is 1.21 bits per heavy atom. The normalized spacial score (nSPS) is 24.6. The highest BCUT2D eigenvalue weighted by Crippen LogP contribution is 2.64. The molecule has 1 fully saturated rings. The number of benzene rings is 2. The van der Waals surface area contributed by atoms with Gasteiger partial charge in [0.05, 0.1) is 0 Å². The van der Waals surface area contributed by atoms with E-state index in [-0.39, 0.29) is 21.7 Å². The molecular formula is C34H44. The highest BCUT2D eigenvalue weighted by atomic mass is 14.6. The van der Waals surface area contributed by atoms with E-state index in [9.17, 15) is 0 Å². The van der Waals surface area contributed by atoms with Gasteiger partial charge in [-0.25, -0.2) is 0 Å². The van der Waals surface area contributed by atoms with E-state index in [0.29, 0.717) is 11.8 Å². The quantitative estimate of drug-likeness (QED) is 0.404. The maximum Gasteiger partial charge on any atom is 0.0164 e. The van der Waals surface area contributed by atoms with Gasteiger partial charge in [0.1, 0.15) is 0 Å². The molecule has 0 heterocycles. The minimum Gasteiger partial charge on any atom is -0.0730 e. The lowest BCUT2D eigenvalue weighted by molar-refractivity contribution is 0.249. The summed E-state index contributed by atoms with van der Waals surface area (Å²) >= 11 is 0. The molecule has 1 saturated carbocycles. The van der Waals surface area contributed by atoms with Gasteiger partial charge in [0.15, 0.2) is 0 Å². The first-order valence-electron chi connectivity index (χ1n) is 13.3. The molecule has 5 rings (SSSR count). The van der Waals surface area contributed by atoms with Gasteiger partial charge >= 0.3 is 0 Å². The Labute approximate surface area is 208 Å². The zero-order valence-electron chi connectivity index (χ0n) is 23.2. The van der Waals surface area contributed by atoms with Gasteiger partial charge in [0, 0.05) is 11.8 Å². The van der Waals surface area contributed by atoms with Crippen LogP contribution in [0, 0.1) is 16.7 Å². The van der Waals surface area contributed by atoms with Crippen molar-refractivity contribution in [1.29, 1.82) is 0 Å². The summed E-state index contributed by atoms with van der Waals surface area (Å²) in [5, 5.41) is 0.